The van der Waals surface area contributed by atoms with Crippen LogP contribution in [0.2, 0.25) is 0 Å². The fourth-order valence-corrected chi connectivity index (χ4v) is 3.86. The molecule has 1 aromatic heterocycles. The van der Waals surface area contributed by atoms with Gasteiger partial charge in [0, 0.05) is 15.3 Å². The summed E-state index contributed by atoms with van der Waals surface area (Å²) in [6, 6.07) is 14.8. The van der Waals surface area contributed by atoms with Crippen LogP contribution in [0.4, 0.5) is 8.78 Å². The largest absolute Gasteiger partial charge is 0.491 e. The van der Waals surface area contributed by atoms with Crippen molar-refractivity contribution in [3.05, 3.63) is 65.0 Å². The molecule has 0 unspecified atom stereocenters. The summed E-state index contributed by atoms with van der Waals surface area (Å²) < 4.78 is 33.5. The van der Waals surface area contributed by atoms with Gasteiger partial charge in [0.15, 0.2) is 11.6 Å². The average molecular weight is 358 g/mol. The molecule has 0 bridgehead atoms. The SMILES string of the molecule is CCCc1ccc(-c2ccc(-c3ccc(OCC)c(F)c3F)cc2)s1. The fraction of sp³-hybridized carbons (Fsp3) is 0.238. The lowest BCUT2D eigenvalue weighted by Gasteiger charge is -2.09. The van der Waals surface area contributed by atoms with E-state index in [4.69, 9.17) is 4.74 Å². The Balaban J connectivity index is 1.88. The third-order valence-electron chi connectivity index (χ3n) is 3.99. The van der Waals surface area contributed by atoms with Gasteiger partial charge in [-0.15, -0.1) is 11.3 Å². The molecule has 0 radical (unpaired) electrons. The molecule has 0 fully saturated rings. The average Bonchev–Trinajstić information content (AvgIpc) is 3.09. The molecule has 4 heteroatoms. The van der Waals surface area contributed by atoms with E-state index in [0.29, 0.717) is 12.2 Å². The Morgan fingerprint density at radius 2 is 1.56 bits per heavy atom. The molecule has 0 saturated heterocycles. The van der Waals surface area contributed by atoms with Crippen LogP contribution >= 0.6 is 11.3 Å². The van der Waals surface area contributed by atoms with Crippen molar-refractivity contribution < 1.29 is 13.5 Å². The highest BCUT2D eigenvalue weighted by molar-refractivity contribution is 7.15. The van der Waals surface area contributed by atoms with Crippen molar-refractivity contribution in [3.8, 4) is 27.3 Å². The summed E-state index contributed by atoms with van der Waals surface area (Å²) in [5.41, 5.74) is 1.97. The predicted octanol–water partition coefficient (Wildman–Crippen LogP) is 6.71. The number of halogens is 2. The van der Waals surface area contributed by atoms with E-state index in [-0.39, 0.29) is 11.3 Å². The number of hydrogen-bond donors (Lipinski definition) is 0. The van der Waals surface area contributed by atoms with Crippen LogP contribution in [-0.2, 0) is 6.42 Å². The second-order valence-corrected chi connectivity index (χ2v) is 6.93. The number of rotatable bonds is 6. The molecule has 3 aromatic rings. The first-order valence-electron chi connectivity index (χ1n) is 8.44. The van der Waals surface area contributed by atoms with Crippen molar-refractivity contribution in [1.82, 2.24) is 0 Å². The van der Waals surface area contributed by atoms with Gasteiger partial charge in [0.25, 0.3) is 0 Å². The Labute approximate surface area is 150 Å². The zero-order valence-corrected chi connectivity index (χ0v) is 15.1. The zero-order valence-electron chi connectivity index (χ0n) is 14.3. The molecule has 0 amide bonds. The molecule has 1 heterocycles. The van der Waals surface area contributed by atoms with Crippen LogP contribution in [0.3, 0.4) is 0 Å². The van der Waals surface area contributed by atoms with Crippen LogP contribution in [-0.4, -0.2) is 6.61 Å². The quantitative estimate of drug-likeness (QED) is 0.476. The Bertz CT molecular complexity index is 853. The number of hydrogen-bond acceptors (Lipinski definition) is 2. The van der Waals surface area contributed by atoms with E-state index in [1.54, 1.807) is 24.3 Å². The van der Waals surface area contributed by atoms with Gasteiger partial charge in [-0.25, -0.2) is 4.39 Å². The van der Waals surface area contributed by atoms with Gasteiger partial charge in [-0.1, -0.05) is 37.6 Å². The smallest absolute Gasteiger partial charge is 0.201 e. The van der Waals surface area contributed by atoms with Gasteiger partial charge < -0.3 is 4.74 Å². The minimum absolute atomic E-state index is 0.0533. The molecule has 25 heavy (non-hydrogen) atoms. The van der Waals surface area contributed by atoms with Crippen LogP contribution in [0.1, 0.15) is 25.1 Å². The lowest BCUT2D eigenvalue weighted by molar-refractivity contribution is 0.314. The monoisotopic (exact) mass is 358 g/mol. The molecular formula is C21H20F2OS. The third-order valence-corrected chi connectivity index (χ3v) is 5.18. The summed E-state index contributed by atoms with van der Waals surface area (Å²) in [7, 11) is 0. The Morgan fingerprint density at radius 3 is 2.24 bits per heavy atom. The summed E-state index contributed by atoms with van der Waals surface area (Å²) in [5, 5.41) is 0. The van der Waals surface area contributed by atoms with E-state index < -0.39 is 11.6 Å². The maximum atomic E-state index is 14.3. The van der Waals surface area contributed by atoms with E-state index in [1.165, 1.54) is 15.8 Å². The van der Waals surface area contributed by atoms with Crippen LogP contribution in [0.5, 0.6) is 5.75 Å². The van der Waals surface area contributed by atoms with Crippen molar-refractivity contribution in [2.75, 3.05) is 6.61 Å². The number of thiophene rings is 1. The molecule has 1 nitrogen and oxygen atoms in total. The first kappa shape index (κ1) is 17.6. The highest BCUT2D eigenvalue weighted by Gasteiger charge is 2.15. The lowest BCUT2D eigenvalue weighted by Crippen LogP contribution is -1.98. The van der Waals surface area contributed by atoms with Crippen LogP contribution < -0.4 is 4.74 Å². The Morgan fingerprint density at radius 1 is 0.840 bits per heavy atom. The minimum Gasteiger partial charge on any atom is -0.491 e. The van der Waals surface area contributed by atoms with Crippen LogP contribution in [0.25, 0.3) is 21.6 Å². The topological polar surface area (TPSA) is 9.23 Å². The van der Waals surface area contributed by atoms with E-state index in [2.05, 4.69) is 19.1 Å². The highest BCUT2D eigenvalue weighted by atomic mass is 32.1. The van der Waals surface area contributed by atoms with Gasteiger partial charge in [0.2, 0.25) is 5.82 Å². The van der Waals surface area contributed by atoms with E-state index in [1.807, 2.05) is 24.3 Å². The summed E-state index contributed by atoms with van der Waals surface area (Å²) >= 11 is 1.77. The number of ether oxygens (including phenoxy) is 1. The van der Waals surface area contributed by atoms with Gasteiger partial charge in [-0.2, -0.15) is 4.39 Å². The Hall–Kier alpha value is -2.20. The lowest BCUT2D eigenvalue weighted by atomic mass is 10.0. The summed E-state index contributed by atoms with van der Waals surface area (Å²) in [5.74, 6) is -1.87. The molecule has 0 aliphatic carbocycles. The molecule has 2 aromatic carbocycles. The van der Waals surface area contributed by atoms with Crippen molar-refractivity contribution in [2.45, 2.75) is 26.7 Å². The van der Waals surface area contributed by atoms with E-state index >= 15 is 0 Å². The van der Waals surface area contributed by atoms with Crippen LogP contribution in [0.15, 0.2) is 48.5 Å². The van der Waals surface area contributed by atoms with E-state index in [0.717, 1.165) is 18.4 Å². The van der Waals surface area contributed by atoms with E-state index in [9.17, 15) is 8.78 Å². The molecule has 0 atom stereocenters. The van der Waals surface area contributed by atoms with Gasteiger partial charge >= 0.3 is 0 Å². The molecular weight excluding hydrogens is 338 g/mol. The zero-order chi connectivity index (χ0) is 17.8. The maximum Gasteiger partial charge on any atom is 0.201 e. The van der Waals surface area contributed by atoms with Gasteiger partial charge in [-0.05, 0) is 48.7 Å². The molecule has 0 N–H and O–H groups in total. The third kappa shape index (κ3) is 3.74. The van der Waals surface area contributed by atoms with Crippen molar-refractivity contribution in [2.24, 2.45) is 0 Å². The highest BCUT2D eigenvalue weighted by Crippen LogP contribution is 2.33. The number of benzene rings is 2. The second-order valence-electron chi connectivity index (χ2n) is 5.77. The standard InChI is InChI=1S/C21H20F2OS/c1-3-5-16-10-13-19(25-16)15-8-6-14(7-9-15)17-11-12-18(24-4-2)21(23)20(17)22/h6-13H,3-5H2,1-2H3. The summed E-state index contributed by atoms with van der Waals surface area (Å²) in [6.45, 7) is 4.20. The molecule has 0 saturated carbocycles. The van der Waals surface area contributed by atoms with Gasteiger partial charge in [0.05, 0.1) is 6.61 Å². The molecule has 130 valence electrons. The van der Waals surface area contributed by atoms with Crippen molar-refractivity contribution in [1.29, 1.82) is 0 Å². The molecule has 0 aliphatic heterocycles. The van der Waals surface area contributed by atoms with Gasteiger partial charge in [0.1, 0.15) is 0 Å². The minimum atomic E-state index is -0.939. The molecule has 0 aliphatic rings. The molecule has 0 spiro atoms. The fourth-order valence-electron chi connectivity index (χ4n) is 2.75. The van der Waals surface area contributed by atoms with Crippen molar-refractivity contribution in [3.63, 3.8) is 0 Å². The predicted molar refractivity (Wildman–Crippen MR) is 100 cm³/mol. The van der Waals surface area contributed by atoms with Crippen LogP contribution in [0, 0.1) is 11.6 Å². The summed E-state index contributed by atoms with van der Waals surface area (Å²) in [4.78, 5) is 2.55. The summed E-state index contributed by atoms with van der Waals surface area (Å²) in [6.07, 6.45) is 2.21. The van der Waals surface area contributed by atoms with Gasteiger partial charge in [-0.3, -0.25) is 0 Å². The second kappa shape index (κ2) is 7.79. The normalized spacial score (nSPS) is 10.9. The first-order valence-corrected chi connectivity index (χ1v) is 9.26. The molecule has 3 rings (SSSR count). The number of aryl methyl sites for hydroxylation is 1. The van der Waals surface area contributed by atoms with Crippen molar-refractivity contribution >= 4 is 11.3 Å². The Kier molecular flexibility index (Phi) is 5.49. The first-order chi connectivity index (χ1) is 12.1. The maximum absolute atomic E-state index is 14.3.